The zero-order valence-corrected chi connectivity index (χ0v) is 17.8. The van der Waals surface area contributed by atoms with Gasteiger partial charge in [0.25, 0.3) is 0 Å². The fourth-order valence-corrected chi connectivity index (χ4v) is 4.21. The number of nitrogens with one attached hydrogen (secondary N) is 1. The fraction of sp³-hybridized carbons (Fsp3) is 0.571. The lowest BCUT2D eigenvalue weighted by atomic mass is 9.87. The van der Waals surface area contributed by atoms with Crippen molar-refractivity contribution in [1.82, 2.24) is 20.1 Å². The number of carbonyl (C=O) groups excluding carboxylic acids is 1. The molecule has 27 heavy (non-hydrogen) atoms. The van der Waals surface area contributed by atoms with Crippen LogP contribution in [0.15, 0.2) is 29.4 Å². The summed E-state index contributed by atoms with van der Waals surface area (Å²) >= 11 is 1.46. The molecular formula is C21H30N4OS. The van der Waals surface area contributed by atoms with Crippen molar-refractivity contribution in [2.75, 3.05) is 0 Å². The van der Waals surface area contributed by atoms with Gasteiger partial charge in [-0.2, -0.15) is 0 Å². The molecule has 1 aliphatic rings. The lowest BCUT2D eigenvalue weighted by Gasteiger charge is -2.19. The highest BCUT2D eigenvalue weighted by molar-refractivity contribution is 8.00. The zero-order valence-electron chi connectivity index (χ0n) is 17.0. The van der Waals surface area contributed by atoms with Gasteiger partial charge in [0.1, 0.15) is 0 Å². The average Bonchev–Trinajstić information content (AvgIpc) is 3.25. The predicted molar refractivity (Wildman–Crippen MR) is 111 cm³/mol. The van der Waals surface area contributed by atoms with E-state index < -0.39 is 0 Å². The van der Waals surface area contributed by atoms with E-state index in [1.807, 2.05) is 18.5 Å². The molecule has 3 rings (SSSR count). The van der Waals surface area contributed by atoms with Crippen molar-refractivity contribution in [3.05, 3.63) is 29.8 Å². The highest BCUT2D eigenvalue weighted by Crippen LogP contribution is 2.28. The Morgan fingerprint density at radius 3 is 2.41 bits per heavy atom. The van der Waals surface area contributed by atoms with Crippen molar-refractivity contribution in [1.29, 1.82) is 0 Å². The van der Waals surface area contributed by atoms with E-state index >= 15 is 0 Å². The predicted octanol–water partition coefficient (Wildman–Crippen LogP) is 4.32. The van der Waals surface area contributed by atoms with Crippen LogP contribution < -0.4 is 5.32 Å². The van der Waals surface area contributed by atoms with E-state index in [1.165, 1.54) is 30.2 Å². The maximum absolute atomic E-state index is 12.4. The van der Waals surface area contributed by atoms with Crippen LogP contribution in [0.2, 0.25) is 0 Å². The van der Waals surface area contributed by atoms with Crippen molar-refractivity contribution in [3.63, 3.8) is 0 Å². The lowest BCUT2D eigenvalue weighted by Crippen LogP contribution is -2.37. The minimum atomic E-state index is -0.190. The summed E-state index contributed by atoms with van der Waals surface area (Å²) in [6.45, 7) is 8.55. The number of nitrogens with zero attached hydrogens (tertiary/aromatic N) is 3. The van der Waals surface area contributed by atoms with Gasteiger partial charge in [-0.25, -0.2) is 0 Å². The number of amides is 1. The molecule has 2 aromatic rings. The average molecular weight is 387 g/mol. The zero-order chi connectivity index (χ0) is 19.6. The monoisotopic (exact) mass is 386 g/mol. The third-order valence-corrected chi connectivity index (χ3v) is 6.33. The lowest BCUT2D eigenvalue weighted by molar-refractivity contribution is -0.120. The normalized spacial score (nSPS) is 16.5. The SMILES string of the molecule is C[C@@H](Sc1nnc(-c2ccc(C(C)(C)C)cc2)n1C)C(=O)NC1CCCC1. The van der Waals surface area contributed by atoms with Crippen LogP contribution in [0.25, 0.3) is 11.4 Å². The van der Waals surface area contributed by atoms with Crippen LogP contribution in [0.1, 0.15) is 58.9 Å². The Kier molecular flexibility index (Phi) is 5.94. The number of carbonyl (C=O) groups is 1. The third kappa shape index (κ3) is 4.72. The number of benzene rings is 1. The highest BCUT2D eigenvalue weighted by Gasteiger charge is 2.23. The molecule has 1 aromatic carbocycles. The topological polar surface area (TPSA) is 59.8 Å². The summed E-state index contributed by atoms with van der Waals surface area (Å²) in [5.74, 6) is 0.910. The Hall–Kier alpha value is -1.82. The number of aromatic nitrogens is 3. The summed E-state index contributed by atoms with van der Waals surface area (Å²) in [7, 11) is 1.96. The van der Waals surface area contributed by atoms with E-state index in [2.05, 4.69) is 60.6 Å². The minimum Gasteiger partial charge on any atom is -0.352 e. The second-order valence-corrected chi connectivity index (χ2v) is 9.75. The van der Waals surface area contributed by atoms with Gasteiger partial charge in [-0.1, -0.05) is 69.6 Å². The molecule has 1 atom stereocenters. The van der Waals surface area contributed by atoms with Crippen molar-refractivity contribution < 1.29 is 4.79 Å². The van der Waals surface area contributed by atoms with Crippen molar-refractivity contribution >= 4 is 17.7 Å². The molecule has 1 fully saturated rings. The first-order chi connectivity index (χ1) is 12.8. The van der Waals surface area contributed by atoms with E-state index in [0.717, 1.165) is 29.4 Å². The minimum absolute atomic E-state index is 0.0889. The van der Waals surface area contributed by atoms with E-state index in [0.29, 0.717) is 6.04 Å². The molecule has 1 aromatic heterocycles. The van der Waals surface area contributed by atoms with Gasteiger partial charge < -0.3 is 9.88 Å². The van der Waals surface area contributed by atoms with Gasteiger partial charge in [-0.15, -0.1) is 10.2 Å². The summed E-state index contributed by atoms with van der Waals surface area (Å²) < 4.78 is 1.97. The second-order valence-electron chi connectivity index (χ2n) is 8.44. The first-order valence-electron chi connectivity index (χ1n) is 9.73. The van der Waals surface area contributed by atoms with E-state index in [-0.39, 0.29) is 16.6 Å². The van der Waals surface area contributed by atoms with Crippen molar-refractivity contribution in [2.24, 2.45) is 7.05 Å². The molecule has 0 aliphatic heterocycles. The maximum atomic E-state index is 12.4. The van der Waals surface area contributed by atoms with Crippen LogP contribution in [0, 0.1) is 0 Å². The van der Waals surface area contributed by atoms with E-state index in [1.54, 1.807) is 0 Å². The number of thioether (sulfide) groups is 1. The summed E-state index contributed by atoms with van der Waals surface area (Å²) in [5.41, 5.74) is 2.45. The van der Waals surface area contributed by atoms with Crippen molar-refractivity contribution in [3.8, 4) is 11.4 Å². The van der Waals surface area contributed by atoms with Crippen LogP contribution >= 0.6 is 11.8 Å². The number of hydrogen-bond acceptors (Lipinski definition) is 4. The van der Waals surface area contributed by atoms with Gasteiger partial charge >= 0.3 is 0 Å². The van der Waals surface area contributed by atoms with Crippen LogP contribution in [-0.4, -0.2) is 32.0 Å². The molecule has 146 valence electrons. The Labute approximate surface area is 166 Å². The van der Waals surface area contributed by atoms with Crippen LogP contribution in [0.3, 0.4) is 0 Å². The second kappa shape index (κ2) is 8.05. The third-order valence-electron chi connectivity index (χ3n) is 5.20. The Balaban J connectivity index is 1.68. The van der Waals surface area contributed by atoms with Crippen molar-refractivity contribution in [2.45, 2.75) is 75.2 Å². The van der Waals surface area contributed by atoms with E-state index in [9.17, 15) is 4.79 Å². The molecule has 0 radical (unpaired) electrons. The molecule has 0 saturated heterocycles. The molecular weight excluding hydrogens is 356 g/mol. The maximum Gasteiger partial charge on any atom is 0.233 e. The van der Waals surface area contributed by atoms with Crippen LogP contribution in [0.5, 0.6) is 0 Å². The Morgan fingerprint density at radius 2 is 1.81 bits per heavy atom. The summed E-state index contributed by atoms with van der Waals surface area (Å²) in [5, 5.41) is 12.4. The molecule has 0 spiro atoms. The first-order valence-corrected chi connectivity index (χ1v) is 10.6. The molecule has 0 bridgehead atoms. The summed E-state index contributed by atoms with van der Waals surface area (Å²) in [4.78, 5) is 12.4. The van der Waals surface area contributed by atoms with Crippen LogP contribution in [0.4, 0.5) is 0 Å². The quantitative estimate of drug-likeness (QED) is 0.778. The number of rotatable bonds is 5. The fourth-order valence-electron chi connectivity index (χ4n) is 3.39. The smallest absolute Gasteiger partial charge is 0.233 e. The first kappa shape index (κ1) is 19.9. The summed E-state index contributed by atoms with van der Waals surface area (Å²) in [6, 6.07) is 8.82. The highest BCUT2D eigenvalue weighted by atomic mass is 32.2. The Morgan fingerprint density at radius 1 is 1.19 bits per heavy atom. The molecule has 1 saturated carbocycles. The van der Waals surface area contributed by atoms with Gasteiger partial charge in [0, 0.05) is 18.7 Å². The number of hydrogen-bond donors (Lipinski definition) is 1. The van der Waals surface area contributed by atoms with Gasteiger partial charge in [0.15, 0.2) is 11.0 Å². The van der Waals surface area contributed by atoms with Gasteiger partial charge in [0.05, 0.1) is 5.25 Å². The summed E-state index contributed by atoms with van der Waals surface area (Å²) in [6.07, 6.45) is 4.63. The molecule has 5 nitrogen and oxygen atoms in total. The largest absolute Gasteiger partial charge is 0.352 e. The Bertz CT molecular complexity index is 786. The molecule has 1 heterocycles. The molecule has 6 heteroatoms. The molecule has 1 amide bonds. The molecule has 1 aliphatic carbocycles. The van der Waals surface area contributed by atoms with Gasteiger partial charge in [0.2, 0.25) is 5.91 Å². The van der Waals surface area contributed by atoms with Gasteiger partial charge in [-0.3, -0.25) is 4.79 Å². The van der Waals surface area contributed by atoms with Crippen LogP contribution in [-0.2, 0) is 17.3 Å². The van der Waals surface area contributed by atoms with E-state index in [4.69, 9.17) is 0 Å². The standard InChI is InChI=1S/C21H30N4OS/c1-14(19(26)22-17-8-6-7-9-17)27-20-24-23-18(25(20)5)15-10-12-16(13-11-15)21(2,3)4/h10-14,17H,6-9H2,1-5H3,(H,22,26)/t14-/m1/s1. The molecule has 0 unspecified atom stereocenters. The molecule has 1 N–H and O–H groups in total. The van der Waals surface area contributed by atoms with Gasteiger partial charge in [-0.05, 0) is 30.7 Å².